The SMILES string of the molecule is CCCC1CCC(c2ccc(-c3ccc(C4CCC(C)CC4)cc3)cc2)CC1.CCCC1CCC(c2ccc(-c3ccc(C4CCC(C)CC4)cc3)cc2)CC1.CCCCCC1CCC(c2ccc(-c3ccc(C4CCC(C)CC4)cc3)cc2)CC1. The highest BCUT2D eigenvalue weighted by Crippen LogP contribution is 2.44. The van der Waals surface area contributed by atoms with E-state index in [9.17, 15) is 0 Å². The van der Waals surface area contributed by atoms with Gasteiger partial charge in [0.15, 0.2) is 0 Å². The normalized spacial score (nSPS) is 27.8. The molecular formula is C86H118. The molecule has 12 rings (SSSR count). The Bertz CT molecular complexity index is 2650. The van der Waals surface area contributed by atoms with Gasteiger partial charge in [0.05, 0.1) is 0 Å². The highest BCUT2D eigenvalue weighted by Gasteiger charge is 2.27. The van der Waals surface area contributed by atoms with Crippen molar-refractivity contribution in [1.29, 1.82) is 0 Å². The molecule has 0 atom stereocenters. The van der Waals surface area contributed by atoms with E-state index in [1.54, 1.807) is 33.4 Å². The first kappa shape index (κ1) is 64.3. The van der Waals surface area contributed by atoms with Crippen LogP contribution in [0.3, 0.4) is 0 Å². The summed E-state index contributed by atoms with van der Waals surface area (Å²) in [6.07, 6.45) is 44.8. The minimum absolute atomic E-state index is 0.787. The van der Waals surface area contributed by atoms with Crippen LogP contribution in [0.2, 0.25) is 0 Å². The Kier molecular flexibility index (Phi) is 24.8. The summed E-state index contributed by atoms with van der Waals surface area (Å²) in [4.78, 5) is 0. The van der Waals surface area contributed by atoms with Crippen LogP contribution in [0.4, 0.5) is 0 Å². The van der Waals surface area contributed by atoms with Gasteiger partial charge in [0.25, 0.3) is 0 Å². The van der Waals surface area contributed by atoms with Gasteiger partial charge in [-0.3, -0.25) is 0 Å². The summed E-state index contributed by atoms with van der Waals surface area (Å²) in [7, 11) is 0. The van der Waals surface area contributed by atoms with Gasteiger partial charge < -0.3 is 0 Å². The molecule has 6 aromatic carbocycles. The molecule has 0 nitrogen and oxygen atoms in total. The first-order valence-electron chi connectivity index (χ1n) is 36.8. The third kappa shape index (κ3) is 18.5. The van der Waals surface area contributed by atoms with Crippen molar-refractivity contribution in [3.8, 4) is 33.4 Å². The van der Waals surface area contributed by atoms with E-state index in [-0.39, 0.29) is 0 Å². The molecule has 6 fully saturated rings. The lowest BCUT2D eigenvalue weighted by atomic mass is 9.77. The molecule has 0 aliphatic heterocycles. The van der Waals surface area contributed by atoms with Gasteiger partial charge in [-0.15, -0.1) is 0 Å². The van der Waals surface area contributed by atoms with Crippen molar-refractivity contribution < 1.29 is 0 Å². The lowest BCUT2D eigenvalue weighted by Crippen LogP contribution is -2.13. The maximum absolute atomic E-state index is 2.41. The molecule has 0 N–H and O–H groups in total. The molecule has 0 unspecified atom stereocenters. The smallest absolute Gasteiger partial charge is 0.0162 e. The van der Waals surface area contributed by atoms with E-state index in [1.165, 1.54) is 239 Å². The average molecular weight is 1150 g/mol. The van der Waals surface area contributed by atoms with Gasteiger partial charge >= 0.3 is 0 Å². The second-order valence-electron chi connectivity index (χ2n) is 29.8. The van der Waals surface area contributed by atoms with Gasteiger partial charge in [-0.05, 0) is 253 Å². The standard InChI is InChI=1S/C30H42.2C28H38/c1-3-4-5-6-24-9-13-26(14-10-24)28-17-21-30(22-18-28)29-19-15-27(16-20-29)25-11-7-23(2)8-12-25;2*1-3-4-22-7-11-24(12-8-22)26-15-19-28(20-16-26)27-17-13-25(14-18-27)23-9-5-21(2)6-10-23/h15-26H,3-14H2,1-2H3;2*13-24H,3-12H2,1-2H3. The van der Waals surface area contributed by atoms with Crippen molar-refractivity contribution in [2.24, 2.45) is 35.5 Å². The maximum Gasteiger partial charge on any atom is -0.0162 e. The number of rotatable bonds is 17. The molecule has 0 spiro atoms. The summed E-state index contributed by atoms with van der Waals surface area (Å²) in [6.45, 7) is 14.2. The van der Waals surface area contributed by atoms with Crippen molar-refractivity contribution >= 4 is 0 Å². The van der Waals surface area contributed by atoms with Crippen molar-refractivity contribution in [2.45, 2.75) is 283 Å². The molecule has 6 aliphatic rings. The number of unbranched alkanes of at least 4 members (excludes halogenated alkanes) is 2. The highest BCUT2D eigenvalue weighted by molar-refractivity contribution is 5.66. The molecule has 0 saturated heterocycles. The van der Waals surface area contributed by atoms with Crippen molar-refractivity contribution in [3.63, 3.8) is 0 Å². The molecule has 0 aromatic heterocycles. The van der Waals surface area contributed by atoms with Crippen molar-refractivity contribution in [1.82, 2.24) is 0 Å². The van der Waals surface area contributed by atoms with E-state index in [2.05, 4.69) is 187 Å². The van der Waals surface area contributed by atoms with Crippen LogP contribution in [0.1, 0.15) is 316 Å². The summed E-state index contributed by atoms with van der Waals surface area (Å²) in [5.41, 5.74) is 17.6. The third-order valence-corrected chi connectivity index (χ3v) is 23.5. The van der Waals surface area contributed by atoms with Crippen LogP contribution in [-0.4, -0.2) is 0 Å². The van der Waals surface area contributed by atoms with Crippen LogP contribution in [0.5, 0.6) is 0 Å². The van der Waals surface area contributed by atoms with Gasteiger partial charge in [0.2, 0.25) is 0 Å². The molecule has 0 radical (unpaired) electrons. The molecule has 0 amide bonds. The Morgan fingerprint density at radius 3 is 0.581 bits per heavy atom. The zero-order valence-corrected chi connectivity index (χ0v) is 55.4. The van der Waals surface area contributed by atoms with E-state index >= 15 is 0 Å². The largest absolute Gasteiger partial charge is 0.0654 e. The second kappa shape index (κ2) is 33.2. The van der Waals surface area contributed by atoms with E-state index in [4.69, 9.17) is 0 Å². The molecule has 6 aromatic rings. The Balaban J connectivity index is 0.000000143. The second-order valence-corrected chi connectivity index (χ2v) is 29.8. The topological polar surface area (TPSA) is 0 Å². The van der Waals surface area contributed by atoms with Crippen LogP contribution >= 0.6 is 0 Å². The molecule has 0 heteroatoms. The van der Waals surface area contributed by atoms with Crippen molar-refractivity contribution in [3.05, 3.63) is 179 Å². The Morgan fingerprint density at radius 2 is 0.395 bits per heavy atom. The molecule has 462 valence electrons. The lowest BCUT2D eigenvalue weighted by molar-refractivity contribution is 0.303. The maximum atomic E-state index is 2.41. The summed E-state index contributed by atoms with van der Waals surface area (Å²) in [5.74, 6) is 10.5. The monoisotopic (exact) mass is 1150 g/mol. The summed E-state index contributed by atoms with van der Waals surface area (Å²) in [6, 6.07) is 57.0. The molecule has 0 bridgehead atoms. The minimum atomic E-state index is 0.787. The van der Waals surface area contributed by atoms with E-state index in [1.807, 2.05) is 0 Å². The summed E-state index contributed by atoms with van der Waals surface area (Å²) >= 11 is 0. The van der Waals surface area contributed by atoms with E-state index in [0.717, 1.165) is 71.0 Å². The summed E-state index contributed by atoms with van der Waals surface area (Å²) < 4.78 is 0. The van der Waals surface area contributed by atoms with Gasteiger partial charge in [-0.1, -0.05) is 277 Å². The van der Waals surface area contributed by atoms with Crippen LogP contribution in [0.15, 0.2) is 146 Å². The fourth-order valence-corrected chi connectivity index (χ4v) is 17.3. The Morgan fingerprint density at radius 1 is 0.209 bits per heavy atom. The van der Waals surface area contributed by atoms with Crippen LogP contribution < -0.4 is 0 Å². The van der Waals surface area contributed by atoms with E-state index in [0.29, 0.717) is 0 Å². The van der Waals surface area contributed by atoms with Gasteiger partial charge in [-0.25, -0.2) is 0 Å². The molecular weight excluding hydrogens is 1030 g/mol. The predicted octanol–water partition coefficient (Wildman–Crippen LogP) is 26.9. The van der Waals surface area contributed by atoms with Gasteiger partial charge in [0, 0.05) is 0 Å². The van der Waals surface area contributed by atoms with Gasteiger partial charge in [-0.2, -0.15) is 0 Å². The van der Waals surface area contributed by atoms with Gasteiger partial charge in [0.1, 0.15) is 0 Å². The van der Waals surface area contributed by atoms with Crippen LogP contribution in [0.25, 0.3) is 33.4 Å². The Hall–Kier alpha value is -4.68. The molecule has 0 heterocycles. The number of hydrogen-bond donors (Lipinski definition) is 0. The first-order chi connectivity index (χ1) is 42.2. The average Bonchev–Trinajstić information content (AvgIpc) is 3.57. The highest BCUT2D eigenvalue weighted by atomic mass is 14.3. The van der Waals surface area contributed by atoms with Crippen LogP contribution in [-0.2, 0) is 0 Å². The van der Waals surface area contributed by atoms with Crippen LogP contribution in [0, 0.1) is 35.5 Å². The lowest BCUT2D eigenvalue weighted by Gasteiger charge is -2.29. The number of hydrogen-bond acceptors (Lipinski definition) is 0. The summed E-state index contributed by atoms with van der Waals surface area (Å²) in [5, 5.41) is 0. The fraction of sp³-hybridized carbons (Fsp3) is 0.581. The zero-order valence-electron chi connectivity index (χ0n) is 55.4. The van der Waals surface area contributed by atoms with Crippen molar-refractivity contribution in [2.75, 3.05) is 0 Å². The third-order valence-electron chi connectivity index (χ3n) is 23.5. The van der Waals surface area contributed by atoms with E-state index < -0.39 is 0 Å². The molecule has 6 aliphatic carbocycles. The minimum Gasteiger partial charge on any atom is -0.0654 e. The quantitative estimate of drug-likeness (QED) is 0.0799. The first-order valence-corrected chi connectivity index (χ1v) is 36.8. The zero-order chi connectivity index (χ0) is 59.5. The fourth-order valence-electron chi connectivity index (χ4n) is 17.3. The molecule has 86 heavy (non-hydrogen) atoms. The predicted molar refractivity (Wildman–Crippen MR) is 375 cm³/mol. The molecule has 6 saturated carbocycles. The number of benzene rings is 6. The Labute approximate surface area is 527 Å².